The number of hydrogen-bond acceptors (Lipinski definition) is 6. The van der Waals surface area contributed by atoms with Gasteiger partial charge in [-0.05, 0) is 29.8 Å². The molecular weight excluding hydrogens is 547 g/mol. The molecule has 0 bridgehead atoms. The van der Waals surface area contributed by atoms with Crippen LogP contribution >= 0.6 is 0 Å². The largest absolute Gasteiger partial charge is 0.493 e. The first-order valence-corrected chi connectivity index (χ1v) is 14.3. The number of alkyl halides is 3. The van der Waals surface area contributed by atoms with Gasteiger partial charge in [-0.3, -0.25) is 9.10 Å². The van der Waals surface area contributed by atoms with Crippen LogP contribution in [-0.2, 0) is 22.7 Å². The van der Waals surface area contributed by atoms with Crippen molar-refractivity contribution in [3.05, 3.63) is 83.4 Å². The van der Waals surface area contributed by atoms with E-state index in [1.165, 1.54) is 32.4 Å². The standard InChI is InChI=1S/C28H30F3N3O5S/c1-38-25-17-23(24(18-26(25)39-2)34(40(3,36)37)19-20-8-5-4-6-9-20)27(35)33-14-12-32(13-15-33)22-11-7-10-21(16-22)28(29,30)31/h4-11,16-18H,12-15,19H2,1-3H3. The normalized spacial score (nSPS) is 14.2. The third-order valence-electron chi connectivity index (χ3n) is 6.68. The molecule has 0 atom stereocenters. The van der Waals surface area contributed by atoms with Crippen molar-refractivity contribution in [3.8, 4) is 11.5 Å². The summed E-state index contributed by atoms with van der Waals surface area (Å²) in [6.45, 7) is 1.03. The molecule has 3 aromatic rings. The van der Waals surface area contributed by atoms with Crippen molar-refractivity contribution in [2.45, 2.75) is 12.7 Å². The maximum atomic E-state index is 13.8. The number of sulfonamides is 1. The summed E-state index contributed by atoms with van der Waals surface area (Å²) in [5.41, 5.74) is 0.634. The summed E-state index contributed by atoms with van der Waals surface area (Å²) in [6.07, 6.45) is -3.39. The van der Waals surface area contributed by atoms with Crippen molar-refractivity contribution in [3.63, 3.8) is 0 Å². The van der Waals surface area contributed by atoms with Crippen LogP contribution in [0, 0.1) is 0 Å². The molecule has 0 N–H and O–H groups in total. The summed E-state index contributed by atoms with van der Waals surface area (Å²) in [5, 5.41) is 0. The van der Waals surface area contributed by atoms with Crippen LogP contribution in [0.15, 0.2) is 66.7 Å². The Morgan fingerprint density at radius 1 is 0.900 bits per heavy atom. The van der Waals surface area contributed by atoms with Crippen LogP contribution in [0.3, 0.4) is 0 Å². The van der Waals surface area contributed by atoms with Gasteiger partial charge >= 0.3 is 6.18 Å². The van der Waals surface area contributed by atoms with Gasteiger partial charge in [0.05, 0.1) is 43.8 Å². The molecule has 0 aromatic heterocycles. The van der Waals surface area contributed by atoms with E-state index in [9.17, 15) is 26.4 Å². The number of benzene rings is 3. The van der Waals surface area contributed by atoms with Gasteiger partial charge in [0.1, 0.15) is 0 Å². The molecule has 214 valence electrons. The van der Waals surface area contributed by atoms with Crippen molar-refractivity contribution < 1.29 is 35.9 Å². The first-order chi connectivity index (χ1) is 18.9. The molecule has 0 unspecified atom stereocenters. The van der Waals surface area contributed by atoms with Crippen molar-refractivity contribution in [2.75, 3.05) is 55.9 Å². The SMILES string of the molecule is COc1cc(C(=O)N2CCN(c3cccc(C(F)(F)F)c3)CC2)c(N(Cc2ccccc2)S(C)(=O)=O)cc1OC. The van der Waals surface area contributed by atoms with E-state index in [0.29, 0.717) is 18.8 Å². The maximum Gasteiger partial charge on any atom is 0.416 e. The number of carbonyl (C=O) groups is 1. The number of rotatable bonds is 8. The van der Waals surface area contributed by atoms with Gasteiger partial charge in [-0.25, -0.2) is 8.42 Å². The highest BCUT2D eigenvalue weighted by Gasteiger charge is 2.33. The molecule has 0 spiro atoms. The fourth-order valence-electron chi connectivity index (χ4n) is 4.59. The number of halogens is 3. The second-order valence-corrected chi connectivity index (χ2v) is 11.2. The van der Waals surface area contributed by atoms with Gasteiger partial charge in [0.25, 0.3) is 5.91 Å². The Bertz CT molecular complexity index is 1460. The lowest BCUT2D eigenvalue weighted by Crippen LogP contribution is -2.49. The zero-order valence-corrected chi connectivity index (χ0v) is 23.1. The number of ether oxygens (including phenoxy) is 2. The van der Waals surface area contributed by atoms with Crippen LogP contribution in [-0.4, -0.2) is 65.9 Å². The van der Waals surface area contributed by atoms with Gasteiger partial charge in [-0.15, -0.1) is 0 Å². The average molecular weight is 578 g/mol. The fourth-order valence-corrected chi connectivity index (χ4v) is 5.49. The molecule has 1 fully saturated rings. The number of hydrogen-bond donors (Lipinski definition) is 0. The smallest absolute Gasteiger partial charge is 0.416 e. The minimum atomic E-state index is -4.46. The van der Waals surface area contributed by atoms with Crippen LogP contribution in [0.2, 0.25) is 0 Å². The van der Waals surface area contributed by atoms with Crippen LogP contribution in [0.25, 0.3) is 0 Å². The molecule has 0 radical (unpaired) electrons. The molecule has 4 rings (SSSR count). The van der Waals surface area contributed by atoms with Crippen molar-refractivity contribution in [2.24, 2.45) is 0 Å². The Morgan fingerprint density at radius 3 is 2.10 bits per heavy atom. The lowest BCUT2D eigenvalue weighted by molar-refractivity contribution is -0.137. The van der Waals surface area contributed by atoms with E-state index in [2.05, 4.69) is 0 Å². The summed E-state index contributed by atoms with van der Waals surface area (Å²) >= 11 is 0. The van der Waals surface area contributed by atoms with E-state index >= 15 is 0 Å². The van der Waals surface area contributed by atoms with Crippen LogP contribution < -0.4 is 18.7 Å². The Kier molecular flexibility index (Phi) is 8.48. The van der Waals surface area contributed by atoms with E-state index in [4.69, 9.17) is 9.47 Å². The number of carbonyl (C=O) groups excluding carboxylic acids is 1. The van der Waals surface area contributed by atoms with E-state index in [1.807, 2.05) is 6.07 Å². The highest BCUT2D eigenvalue weighted by molar-refractivity contribution is 7.92. The second-order valence-electron chi connectivity index (χ2n) is 9.31. The minimum absolute atomic E-state index is 0.0151. The molecule has 1 heterocycles. The Balaban J connectivity index is 1.65. The fraction of sp³-hybridized carbons (Fsp3) is 0.321. The Hall–Kier alpha value is -3.93. The highest BCUT2D eigenvalue weighted by atomic mass is 32.2. The highest BCUT2D eigenvalue weighted by Crippen LogP contribution is 2.38. The predicted molar refractivity (Wildman–Crippen MR) is 147 cm³/mol. The molecule has 3 aromatic carbocycles. The maximum absolute atomic E-state index is 13.8. The van der Waals surface area contributed by atoms with Crippen LogP contribution in [0.5, 0.6) is 11.5 Å². The zero-order chi connectivity index (χ0) is 29.1. The van der Waals surface area contributed by atoms with E-state index < -0.39 is 27.7 Å². The van der Waals surface area contributed by atoms with Gasteiger partial charge in [0.15, 0.2) is 11.5 Å². The summed E-state index contributed by atoms with van der Waals surface area (Å²) < 4.78 is 77.5. The molecule has 1 amide bonds. The average Bonchev–Trinajstić information content (AvgIpc) is 2.94. The van der Waals surface area contributed by atoms with Gasteiger partial charge in [-0.2, -0.15) is 13.2 Å². The number of amides is 1. The molecular formula is C28H30F3N3O5S. The van der Waals surface area contributed by atoms with Crippen LogP contribution in [0.4, 0.5) is 24.5 Å². The molecule has 1 saturated heterocycles. The van der Waals surface area contributed by atoms with Crippen molar-refractivity contribution in [1.82, 2.24) is 4.90 Å². The molecule has 0 aliphatic carbocycles. The minimum Gasteiger partial charge on any atom is -0.493 e. The quantitative estimate of drug-likeness (QED) is 0.388. The number of methoxy groups -OCH3 is 2. The molecule has 0 saturated carbocycles. The predicted octanol–water partition coefficient (Wildman–Crippen LogP) is 4.65. The van der Waals surface area contributed by atoms with Gasteiger partial charge in [-0.1, -0.05) is 36.4 Å². The summed E-state index contributed by atoms with van der Waals surface area (Å²) in [5.74, 6) is 0.0804. The zero-order valence-electron chi connectivity index (χ0n) is 22.3. The molecule has 8 nitrogen and oxygen atoms in total. The third-order valence-corrected chi connectivity index (χ3v) is 7.80. The summed E-state index contributed by atoms with van der Waals surface area (Å²) in [4.78, 5) is 17.2. The van der Waals surface area contributed by atoms with E-state index in [1.54, 1.807) is 40.1 Å². The first-order valence-electron chi connectivity index (χ1n) is 12.4. The molecule has 1 aliphatic heterocycles. The molecule has 12 heteroatoms. The van der Waals surface area contributed by atoms with Gasteiger partial charge in [0.2, 0.25) is 10.0 Å². The van der Waals surface area contributed by atoms with Crippen molar-refractivity contribution in [1.29, 1.82) is 0 Å². The van der Waals surface area contributed by atoms with Gasteiger partial charge in [0, 0.05) is 37.9 Å². The summed E-state index contributed by atoms with van der Waals surface area (Å²) in [7, 11) is -1.01. The Labute approximate surface area is 231 Å². The lowest BCUT2D eigenvalue weighted by atomic mass is 10.1. The molecule has 1 aliphatic rings. The van der Waals surface area contributed by atoms with Crippen LogP contribution in [0.1, 0.15) is 21.5 Å². The monoisotopic (exact) mass is 577 g/mol. The molecule has 40 heavy (non-hydrogen) atoms. The first kappa shape index (κ1) is 29.1. The Morgan fingerprint density at radius 2 is 1.52 bits per heavy atom. The second kappa shape index (κ2) is 11.7. The number of nitrogens with zero attached hydrogens (tertiary/aromatic N) is 3. The van der Waals surface area contributed by atoms with E-state index in [0.717, 1.165) is 28.3 Å². The third kappa shape index (κ3) is 6.44. The number of piperazine rings is 1. The van der Waals surface area contributed by atoms with E-state index in [-0.39, 0.29) is 42.4 Å². The summed E-state index contributed by atoms with van der Waals surface area (Å²) in [6, 6.07) is 17.0. The van der Waals surface area contributed by atoms with Crippen molar-refractivity contribution >= 4 is 27.3 Å². The van der Waals surface area contributed by atoms with Gasteiger partial charge < -0.3 is 19.3 Å². The lowest BCUT2D eigenvalue weighted by Gasteiger charge is -2.37. The number of anilines is 2. The topological polar surface area (TPSA) is 79.4 Å².